The Hall–Kier alpha value is -2.64. The van der Waals surface area contributed by atoms with Crippen LogP contribution in [0.25, 0.3) is 11.0 Å². The number of rotatable bonds is 4. The van der Waals surface area contributed by atoms with Crippen LogP contribution in [0.1, 0.15) is 29.6 Å². The molecule has 7 heteroatoms. The topological polar surface area (TPSA) is 88.4 Å². The van der Waals surface area contributed by atoms with Crippen molar-refractivity contribution < 1.29 is 17.6 Å². The zero-order valence-corrected chi connectivity index (χ0v) is 15.9. The van der Waals surface area contributed by atoms with Crippen LogP contribution in [-0.4, -0.2) is 32.5 Å². The number of hydrogen-bond donors (Lipinski definition) is 2. The van der Waals surface area contributed by atoms with Gasteiger partial charge in [0.2, 0.25) is 14.9 Å². The van der Waals surface area contributed by atoms with Crippen molar-refractivity contribution in [1.82, 2.24) is 10.6 Å². The van der Waals surface area contributed by atoms with Gasteiger partial charge >= 0.3 is 0 Å². The predicted molar refractivity (Wildman–Crippen MR) is 104 cm³/mol. The highest BCUT2D eigenvalue weighted by Gasteiger charge is 2.39. The van der Waals surface area contributed by atoms with E-state index in [-0.39, 0.29) is 21.9 Å². The van der Waals surface area contributed by atoms with E-state index in [4.69, 9.17) is 4.42 Å². The van der Waals surface area contributed by atoms with Crippen LogP contribution in [0.3, 0.4) is 0 Å². The second-order valence-corrected chi connectivity index (χ2v) is 9.38. The molecular formula is C21H20N2O4S. The van der Waals surface area contributed by atoms with E-state index < -0.39 is 9.84 Å². The molecule has 2 N–H and O–H groups in total. The van der Waals surface area contributed by atoms with Gasteiger partial charge < -0.3 is 15.1 Å². The van der Waals surface area contributed by atoms with Gasteiger partial charge in [-0.3, -0.25) is 4.79 Å². The van der Waals surface area contributed by atoms with E-state index in [9.17, 15) is 13.2 Å². The van der Waals surface area contributed by atoms with Crippen molar-refractivity contribution in [2.75, 3.05) is 0 Å². The van der Waals surface area contributed by atoms with Crippen LogP contribution in [0.15, 0.2) is 69.0 Å². The molecule has 6 nitrogen and oxygen atoms in total. The highest BCUT2D eigenvalue weighted by atomic mass is 32.2. The van der Waals surface area contributed by atoms with Crippen molar-refractivity contribution in [2.24, 2.45) is 0 Å². The molecule has 0 saturated carbocycles. The Balaban J connectivity index is 1.42. The highest BCUT2D eigenvalue weighted by Crippen LogP contribution is 2.30. The third kappa shape index (κ3) is 2.91. The smallest absolute Gasteiger partial charge is 0.251 e. The van der Waals surface area contributed by atoms with Crippen molar-refractivity contribution in [3.63, 3.8) is 0 Å². The van der Waals surface area contributed by atoms with Gasteiger partial charge in [-0.25, -0.2) is 8.42 Å². The van der Waals surface area contributed by atoms with Crippen LogP contribution in [0.5, 0.6) is 0 Å². The summed E-state index contributed by atoms with van der Waals surface area (Å²) in [6.45, 7) is 0. The third-order valence-electron chi connectivity index (χ3n) is 5.69. The zero-order chi connectivity index (χ0) is 19.3. The van der Waals surface area contributed by atoms with Crippen LogP contribution >= 0.6 is 0 Å². The monoisotopic (exact) mass is 396 g/mol. The number of carbonyl (C=O) groups is 1. The average molecular weight is 396 g/mol. The maximum Gasteiger partial charge on any atom is 0.251 e. The van der Waals surface area contributed by atoms with Gasteiger partial charge in [0.05, 0.1) is 4.90 Å². The largest absolute Gasteiger partial charge is 0.444 e. The van der Waals surface area contributed by atoms with Gasteiger partial charge in [-0.1, -0.05) is 18.2 Å². The molecule has 2 bridgehead atoms. The summed E-state index contributed by atoms with van der Waals surface area (Å²) < 4.78 is 31.1. The molecule has 1 aromatic heterocycles. The summed E-state index contributed by atoms with van der Waals surface area (Å²) in [5.74, 6) is -0.144. The Morgan fingerprint density at radius 3 is 2.61 bits per heavy atom. The molecule has 2 saturated heterocycles. The lowest BCUT2D eigenvalue weighted by atomic mass is 9.95. The number of carbonyl (C=O) groups excluding carboxylic acids is 1. The molecule has 0 aliphatic carbocycles. The molecule has 0 unspecified atom stereocenters. The first-order chi connectivity index (χ1) is 13.5. The molecule has 3 atom stereocenters. The Morgan fingerprint density at radius 1 is 1.07 bits per heavy atom. The highest BCUT2D eigenvalue weighted by molar-refractivity contribution is 7.91. The fraction of sp³-hybridized carbons (Fsp3) is 0.286. The molecule has 2 aliphatic heterocycles. The lowest BCUT2D eigenvalue weighted by Crippen LogP contribution is -2.42. The molecule has 28 heavy (non-hydrogen) atoms. The fourth-order valence-electron chi connectivity index (χ4n) is 4.24. The molecule has 0 spiro atoms. The number of amides is 1. The standard InChI is InChI=1S/C21H20N2O4S/c24-21(23-18-12-15-7-8-17(18)22-15)13-6-9-19-14(10-13)11-20(27-19)28(25,26)16-4-2-1-3-5-16/h1-6,9-11,15,17-18,22H,7-8,12H2,(H,23,24)/t15-,17+,18-/m1/s1. The molecule has 3 aromatic rings. The Bertz CT molecular complexity index is 1150. The maximum atomic E-state index is 12.7. The average Bonchev–Trinajstić information content (AvgIpc) is 3.43. The van der Waals surface area contributed by atoms with Crippen LogP contribution in [0.2, 0.25) is 0 Å². The van der Waals surface area contributed by atoms with Crippen molar-refractivity contribution in [1.29, 1.82) is 0 Å². The lowest BCUT2D eigenvalue weighted by Gasteiger charge is -2.21. The minimum Gasteiger partial charge on any atom is -0.444 e. The minimum absolute atomic E-state index is 0.122. The summed E-state index contributed by atoms with van der Waals surface area (Å²) in [4.78, 5) is 12.8. The molecule has 1 amide bonds. The van der Waals surface area contributed by atoms with Crippen LogP contribution in [0, 0.1) is 0 Å². The number of hydrogen-bond acceptors (Lipinski definition) is 5. The van der Waals surface area contributed by atoms with Crippen molar-refractivity contribution >= 4 is 26.7 Å². The Kier molecular flexibility index (Phi) is 4.03. The Labute approximate surface area is 162 Å². The number of fused-ring (bicyclic) bond motifs is 3. The van der Waals surface area contributed by atoms with E-state index in [1.54, 1.807) is 36.4 Å². The first-order valence-electron chi connectivity index (χ1n) is 9.41. The van der Waals surface area contributed by atoms with E-state index >= 15 is 0 Å². The number of furan rings is 1. The van der Waals surface area contributed by atoms with Crippen LogP contribution < -0.4 is 10.6 Å². The normalized spacial score (nSPS) is 23.9. The summed E-state index contributed by atoms with van der Waals surface area (Å²) in [6.07, 6.45) is 3.23. The van der Waals surface area contributed by atoms with Crippen LogP contribution in [-0.2, 0) is 9.84 Å². The summed E-state index contributed by atoms with van der Waals surface area (Å²) in [7, 11) is -3.73. The van der Waals surface area contributed by atoms with E-state index in [1.807, 2.05) is 0 Å². The van der Waals surface area contributed by atoms with Crippen molar-refractivity contribution in [3.05, 3.63) is 60.2 Å². The molecule has 2 aliphatic rings. The van der Waals surface area contributed by atoms with Crippen molar-refractivity contribution in [2.45, 2.75) is 47.4 Å². The molecule has 144 valence electrons. The second kappa shape index (κ2) is 6.46. The molecule has 0 radical (unpaired) electrons. The second-order valence-electron chi connectivity index (χ2n) is 7.50. The lowest BCUT2D eigenvalue weighted by molar-refractivity contribution is 0.0931. The van der Waals surface area contributed by atoms with E-state index in [1.165, 1.54) is 24.6 Å². The fourth-order valence-corrected chi connectivity index (χ4v) is 5.47. The van der Waals surface area contributed by atoms with E-state index in [2.05, 4.69) is 10.6 Å². The number of nitrogens with one attached hydrogen (secondary N) is 2. The van der Waals surface area contributed by atoms with Gasteiger partial charge in [0, 0.05) is 35.1 Å². The van der Waals surface area contributed by atoms with Crippen molar-refractivity contribution in [3.8, 4) is 0 Å². The van der Waals surface area contributed by atoms with Gasteiger partial charge in [-0.05, 0) is 49.6 Å². The SMILES string of the molecule is O=C(N[C@@H]1C[C@H]2CC[C@@H]1N2)c1ccc2oc(S(=O)(=O)c3ccccc3)cc2c1. The summed E-state index contributed by atoms with van der Waals surface area (Å²) >= 11 is 0. The summed E-state index contributed by atoms with van der Waals surface area (Å²) in [5, 5.41) is 7.08. The maximum absolute atomic E-state index is 12.7. The van der Waals surface area contributed by atoms with Crippen LogP contribution in [0.4, 0.5) is 0 Å². The van der Waals surface area contributed by atoms with Gasteiger partial charge in [-0.2, -0.15) is 0 Å². The van der Waals surface area contributed by atoms with Gasteiger partial charge in [0.15, 0.2) is 0 Å². The quantitative estimate of drug-likeness (QED) is 0.708. The number of sulfone groups is 1. The predicted octanol–water partition coefficient (Wildman–Crippen LogP) is 2.89. The van der Waals surface area contributed by atoms with Gasteiger partial charge in [0.1, 0.15) is 5.58 Å². The van der Waals surface area contributed by atoms with Gasteiger partial charge in [-0.15, -0.1) is 0 Å². The zero-order valence-electron chi connectivity index (χ0n) is 15.1. The first kappa shape index (κ1) is 17.5. The molecule has 5 rings (SSSR count). The van der Waals surface area contributed by atoms with E-state index in [0.29, 0.717) is 28.6 Å². The minimum atomic E-state index is -3.73. The first-order valence-corrected chi connectivity index (χ1v) is 10.9. The number of benzene rings is 2. The third-order valence-corrected chi connectivity index (χ3v) is 7.31. The van der Waals surface area contributed by atoms with Gasteiger partial charge in [0.25, 0.3) is 5.91 Å². The molecule has 2 aromatic carbocycles. The Morgan fingerprint density at radius 2 is 1.89 bits per heavy atom. The van der Waals surface area contributed by atoms with E-state index in [0.717, 1.165) is 12.8 Å². The molecule has 3 heterocycles. The molecule has 2 fully saturated rings. The molecular weight excluding hydrogens is 376 g/mol. The summed E-state index contributed by atoms with van der Waals surface area (Å²) in [6, 6.07) is 15.7. The summed E-state index contributed by atoms with van der Waals surface area (Å²) in [5.41, 5.74) is 0.937.